The van der Waals surface area contributed by atoms with Crippen molar-refractivity contribution >= 4 is 39.1 Å². The molecule has 0 radical (unpaired) electrons. The molecule has 0 saturated carbocycles. The Bertz CT molecular complexity index is 996. The maximum Gasteiger partial charge on any atom is 0.349 e. The van der Waals surface area contributed by atoms with Crippen LogP contribution in [0.2, 0.25) is 0 Å². The number of carbonyl (C=O) groups excluding carboxylic acids is 1. The van der Waals surface area contributed by atoms with Gasteiger partial charge in [0.25, 0.3) is 0 Å². The highest BCUT2D eigenvalue weighted by Crippen LogP contribution is 2.27. The Hall–Kier alpha value is -2.24. The van der Waals surface area contributed by atoms with Crippen molar-refractivity contribution in [3.63, 3.8) is 0 Å². The smallest absolute Gasteiger partial charge is 0.349 e. The highest BCUT2D eigenvalue weighted by molar-refractivity contribution is 7.89. The number of esters is 1. The summed E-state index contributed by atoms with van der Waals surface area (Å²) in [6, 6.07) is 3.33. The summed E-state index contributed by atoms with van der Waals surface area (Å²) in [7, 11) is -2.51. The average molecular weight is 452 g/mol. The molecule has 0 N–H and O–H groups in total. The summed E-state index contributed by atoms with van der Waals surface area (Å²) in [5, 5.41) is 1.60. The summed E-state index contributed by atoms with van der Waals surface area (Å²) in [5.41, 5.74) is 0. The van der Waals surface area contributed by atoms with Gasteiger partial charge in [0.05, 0.1) is 7.11 Å². The maximum absolute atomic E-state index is 13.1. The fraction of sp³-hybridized carbons (Fsp3) is 0.526. The molecule has 2 aromatic rings. The summed E-state index contributed by atoms with van der Waals surface area (Å²) < 4.78 is 32.3. The van der Waals surface area contributed by atoms with Gasteiger partial charge in [-0.3, -0.25) is 0 Å². The van der Waals surface area contributed by atoms with Crippen LogP contribution in [-0.4, -0.2) is 75.0 Å². The van der Waals surface area contributed by atoms with E-state index in [1.807, 2.05) is 6.07 Å². The highest BCUT2D eigenvalue weighted by Gasteiger charge is 2.33. The number of piperazine rings is 1. The zero-order valence-electron chi connectivity index (χ0n) is 16.9. The zero-order valence-corrected chi connectivity index (χ0v) is 18.5. The Morgan fingerprint density at radius 2 is 1.77 bits per heavy atom. The highest BCUT2D eigenvalue weighted by atomic mass is 32.2. The van der Waals surface area contributed by atoms with Gasteiger partial charge in [-0.2, -0.15) is 9.29 Å². The number of nitrogens with zero attached hydrogens (tertiary/aromatic N) is 5. The van der Waals surface area contributed by atoms with Crippen LogP contribution in [0.1, 0.15) is 28.9 Å². The molecular weight excluding hydrogens is 426 g/mol. The lowest BCUT2D eigenvalue weighted by Gasteiger charge is -2.35. The van der Waals surface area contributed by atoms with Crippen LogP contribution in [0.4, 0.5) is 11.8 Å². The van der Waals surface area contributed by atoms with Crippen molar-refractivity contribution in [2.75, 3.05) is 56.2 Å². The molecule has 2 saturated heterocycles. The number of rotatable bonds is 5. The third-order valence-electron chi connectivity index (χ3n) is 5.45. The fourth-order valence-electron chi connectivity index (χ4n) is 3.80. The summed E-state index contributed by atoms with van der Waals surface area (Å²) in [6.07, 6.45) is 5.32. The average Bonchev–Trinajstić information content (AvgIpc) is 3.30. The van der Waals surface area contributed by atoms with Crippen molar-refractivity contribution in [1.82, 2.24) is 14.3 Å². The summed E-state index contributed by atoms with van der Waals surface area (Å²) in [5.74, 6) is 0.921. The van der Waals surface area contributed by atoms with E-state index in [-0.39, 0.29) is 9.77 Å². The second-order valence-corrected chi connectivity index (χ2v) is 10.1. The number of anilines is 2. The molecule has 9 nitrogen and oxygen atoms in total. The van der Waals surface area contributed by atoms with Gasteiger partial charge in [0.1, 0.15) is 15.6 Å². The van der Waals surface area contributed by atoms with Crippen LogP contribution in [-0.2, 0) is 14.8 Å². The monoisotopic (exact) mass is 451 g/mol. The van der Waals surface area contributed by atoms with Gasteiger partial charge in [0.15, 0.2) is 0 Å². The molecule has 162 valence electrons. The summed E-state index contributed by atoms with van der Waals surface area (Å²) in [6.45, 7) is 3.63. The Balaban J connectivity index is 1.45. The molecule has 2 aromatic heterocycles. The molecule has 2 aliphatic heterocycles. The first-order valence-corrected chi connectivity index (χ1v) is 12.3. The Kier molecular flexibility index (Phi) is 6.21. The third-order valence-corrected chi connectivity index (χ3v) is 8.41. The van der Waals surface area contributed by atoms with E-state index in [1.165, 1.54) is 23.9 Å². The number of sulfonamides is 1. The minimum absolute atomic E-state index is 0.0159. The largest absolute Gasteiger partial charge is 0.465 e. The van der Waals surface area contributed by atoms with Crippen LogP contribution in [0.5, 0.6) is 0 Å². The van der Waals surface area contributed by atoms with Crippen molar-refractivity contribution in [3.8, 4) is 0 Å². The predicted octanol–water partition coefficient (Wildman–Crippen LogP) is 1.83. The first-order chi connectivity index (χ1) is 14.5. The second-order valence-electron chi connectivity index (χ2n) is 7.26. The Morgan fingerprint density at radius 1 is 1.03 bits per heavy atom. The van der Waals surface area contributed by atoms with E-state index < -0.39 is 16.0 Å². The quantitative estimate of drug-likeness (QED) is 0.636. The molecular formula is C19H25N5O4S2. The van der Waals surface area contributed by atoms with Crippen LogP contribution in [0.15, 0.2) is 28.6 Å². The molecule has 0 aliphatic carbocycles. The van der Waals surface area contributed by atoms with Crippen LogP contribution in [0.3, 0.4) is 0 Å². The number of aromatic nitrogens is 2. The Morgan fingerprint density at radius 3 is 2.47 bits per heavy atom. The SMILES string of the molecule is COC(=O)c1sccc1S(=O)(=O)N1CCN(c2ccnc(N3CCCCC3)n2)CC1. The summed E-state index contributed by atoms with van der Waals surface area (Å²) >= 11 is 1.07. The number of hydrogen-bond donors (Lipinski definition) is 0. The molecule has 30 heavy (non-hydrogen) atoms. The topological polar surface area (TPSA) is 95.9 Å². The van der Waals surface area contributed by atoms with E-state index >= 15 is 0 Å². The predicted molar refractivity (Wildman–Crippen MR) is 115 cm³/mol. The molecule has 0 bridgehead atoms. The first-order valence-electron chi connectivity index (χ1n) is 9.99. The normalized spacial score (nSPS) is 18.4. The molecule has 0 aromatic carbocycles. The van der Waals surface area contributed by atoms with Crippen molar-refractivity contribution in [1.29, 1.82) is 0 Å². The first kappa shape index (κ1) is 21.0. The molecule has 4 rings (SSSR count). The number of carbonyl (C=O) groups is 1. The third kappa shape index (κ3) is 4.14. The minimum Gasteiger partial charge on any atom is -0.465 e. The lowest BCUT2D eigenvalue weighted by atomic mass is 10.1. The van der Waals surface area contributed by atoms with Crippen molar-refractivity contribution in [2.45, 2.75) is 24.2 Å². The maximum atomic E-state index is 13.1. The standard InChI is InChI=1S/C19H25N5O4S2/c1-28-18(25)17-15(6-14-29-17)30(26,27)24-12-10-22(11-13-24)16-5-7-20-19(21-16)23-8-3-2-4-9-23/h5-7,14H,2-4,8-13H2,1H3. The number of methoxy groups -OCH3 is 1. The molecule has 0 amide bonds. The van der Waals surface area contributed by atoms with Gasteiger partial charge < -0.3 is 14.5 Å². The van der Waals surface area contributed by atoms with Crippen LogP contribution < -0.4 is 9.80 Å². The molecule has 2 fully saturated rings. The summed E-state index contributed by atoms with van der Waals surface area (Å²) in [4.78, 5) is 25.5. The van der Waals surface area contributed by atoms with Crippen LogP contribution >= 0.6 is 11.3 Å². The van der Waals surface area contributed by atoms with Crippen molar-refractivity contribution in [3.05, 3.63) is 28.6 Å². The number of ether oxygens (including phenoxy) is 1. The van der Waals surface area contributed by atoms with E-state index in [0.717, 1.165) is 49.0 Å². The van der Waals surface area contributed by atoms with E-state index in [2.05, 4.69) is 14.8 Å². The molecule has 11 heteroatoms. The number of hydrogen-bond acceptors (Lipinski definition) is 9. The minimum atomic E-state index is -3.76. The van der Waals surface area contributed by atoms with Crippen LogP contribution in [0.25, 0.3) is 0 Å². The molecule has 2 aliphatic rings. The number of piperidine rings is 1. The van der Waals surface area contributed by atoms with E-state index in [4.69, 9.17) is 9.72 Å². The van der Waals surface area contributed by atoms with Gasteiger partial charge in [-0.1, -0.05) is 0 Å². The van der Waals surface area contributed by atoms with Gasteiger partial charge in [0, 0.05) is 45.5 Å². The van der Waals surface area contributed by atoms with E-state index in [9.17, 15) is 13.2 Å². The van der Waals surface area contributed by atoms with Crippen molar-refractivity contribution in [2.24, 2.45) is 0 Å². The second kappa shape index (κ2) is 8.86. The van der Waals surface area contributed by atoms with Crippen LogP contribution in [0, 0.1) is 0 Å². The van der Waals surface area contributed by atoms with Gasteiger partial charge in [-0.15, -0.1) is 11.3 Å². The zero-order chi connectivity index (χ0) is 21.1. The molecule has 0 unspecified atom stereocenters. The molecule has 0 spiro atoms. The van der Waals surface area contributed by atoms with Gasteiger partial charge in [0.2, 0.25) is 16.0 Å². The number of thiophene rings is 1. The van der Waals surface area contributed by atoms with Crippen molar-refractivity contribution < 1.29 is 17.9 Å². The van der Waals surface area contributed by atoms with E-state index in [1.54, 1.807) is 11.6 Å². The lowest BCUT2D eigenvalue weighted by molar-refractivity contribution is 0.0602. The molecule has 0 atom stereocenters. The fourth-order valence-corrected chi connectivity index (χ4v) is 6.53. The Labute approximate surface area is 180 Å². The van der Waals surface area contributed by atoms with Gasteiger partial charge >= 0.3 is 5.97 Å². The molecule has 4 heterocycles. The lowest BCUT2D eigenvalue weighted by Crippen LogP contribution is -2.49. The van der Waals surface area contributed by atoms with Gasteiger partial charge in [-0.05, 0) is 36.8 Å². The van der Waals surface area contributed by atoms with E-state index in [0.29, 0.717) is 26.2 Å². The van der Waals surface area contributed by atoms with Gasteiger partial charge in [-0.25, -0.2) is 18.2 Å².